The number of rotatable bonds is 2. The van der Waals surface area contributed by atoms with E-state index in [9.17, 15) is 0 Å². The van der Waals surface area contributed by atoms with Crippen molar-refractivity contribution in [3.8, 4) is 0 Å². The van der Waals surface area contributed by atoms with Gasteiger partial charge < -0.3 is 0 Å². The molecule has 0 aromatic heterocycles. The van der Waals surface area contributed by atoms with Crippen LogP contribution in [0, 0.1) is 3.57 Å². The number of alkyl halides is 1. The van der Waals surface area contributed by atoms with E-state index in [4.69, 9.17) is 34.8 Å². The molecule has 0 aliphatic rings. The molecule has 1 unspecified atom stereocenters. The monoisotopic (exact) mass is 396 g/mol. The maximum Gasteiger partial charge on any atom is 0.0860 e. The molecule has 2 aromatic carbocycles. The van der Waals surface area contributed by atoms with Crippen LogP contribution in [0.3, 0.4) is 0 Å². The Morgan fingerprint density at radius 3 is 2.35 bits per heavy atom. The summed E-state index contributed by atoms with van der Waals surface area (Å²) in [5, 5.41) is 0.990. The van der Waals surface area contributed by atoms with Gasteiger partial charge in [0, 0.05) is 13.6 Å². The average molecular weight is 397 g/mol. The van der Waals surface area contributed by atoms with E-state index in [0.717, 1.165) is 14.7 Å². The number of hydrogen-bond donors (Lipinski definition) is 0. The lowest BCUT2D eigenvalue weighted by Gasteiger charge is -2.14. The summed E-state index contributed by atoms with van der Waals surface area (Å²) in [7, 11) is 0. The molecule has 0 saturated heterocycles. The number of halogens is 4. The second-order valence-electron chi connectivity index (χ2n) is 3.55. The molecule has 2 aromatic rings. The summed E-state index contributed by atoms with van der Waals surface area (Å²) in [6.07, 6.45) is 0. The highest BCUT2D eigenvalue weighted by Gasteiger charge is 2.16. The normalized spacial score (nSPS) is 12.5. The summed E-state index contributed by atoms with van der Waals surface area (Å²) < 4.78 is 1.11. The van der Waals surface area contributed by atoms with Crippen molar-refractivity contribution in [2.24, 2.45) is 0 Å². The van der Waals surface area contributed by atoms with Crippen LogP contribution in [-0.2, 0) is 0 Å². The molecule has 0 aliphatic heterocycles. The average Bonchev–Trinajstić information content (AvgIpc) is 2.32. The maximum atomic E-state index is 6.47. The van der Waals surface area contributed by atoms with Crippen LogP contribution in [0.5, 0.6) is 0 Å². The lowest BCUT2D eigenvalue weighted by Crippen LogP contribution is -1.97. The van der Waals surface area contributed by atoms with Crippen LogP contribution in [0.1, 0.15) is 16.5 Å². The van der Waals surface area contributed by atoms with Gasteiger partial charge in [-0.1, -0.05) is 41.4 Å². The Morgan fingerprint density at radius 2 is 1.65 bits per heavy atom. The topological polar surface area (TPSA) is 0 Å². The zero-order valence-corrected chi connectivity index (χ0v) is 13.1. The fourth-order valence-electron chi connectivity index (χ4n) is 1.56. The summed E-state index contributed by atoms with van der Waals surface area (Å²) in [5.74, 6) is 0. The van der Waals surface area contributed by atoms with Crippen LogP contribution in [0.4, 0.5) is 0 Å². The summed E-state index contributed by atoms with van der Waals surface area (Å²) >= 11 is 20.8. The standard InChI is InChI=1S/C13H8Cl3I/c14-8-5-6-11(15)10(7-8)13(16)9-3-1-2-4-12(9)17/h1-7,13H. The van der Waals surface area contributed by atoms with E-state index in [2.05, 4.69) is 22.6 Å². The Balaban J connectivity index is 2.47. The Kier molecular flexibility index (Phi) is 4.59. The Hall–Kier alpha value is 0.0400. The third-order valence-electron chi connectivity index (χ3n) is 2.41. The second kappa shape index (κ2) is 5.79. The minimum absolute atomic E-state index is 0.283. The van der Waals surface area contributed by atoms with Crippen LogP contribution in [0.15, 0.2) is 42.5 Å². The van der Waals surface area contributed by atoms with E-state index in [1.165, 1.54) is 0 Å². The van der Waals surface area contributed by atoms with Crippen molar-refractivity contribution >= 4 is 57.4 Å². The quantitative estimate of drug-likeness (QED) is 0.435. The van der Waals surface area contributed by atoms with Gasteiger partial charge in [-0.15, -0.1) is 11.6 Å². The van der Waals surface area contributed by atoms with Gasteiger partial charge >= 0.3 is 0 Å². The molecule has 1 atom stereocenters. The molecule has 0 bridgehead atoms. The van der Waals surface area contributed by atoms with Gasteiger partial charge in [0.15, 0.2) is 0 Å². The van der Waals surface area contributed by atoms with Gasteiger partial charge in [0.25, 0.3) is 0 Å². The summed E-state index contributed by atoms with van der Waals surface area (Å²) in [4.78, 5) is 0. The van der Waals surface area contributed by atoms with Crippen molar-refractivity contribution in [2.75, 3.05) is 0 Å². The SMILES string of the molecule is Clc1ccc(Cl)c(C(Cl)c2ccccc2I)c1. The van der Waals surface area contributed by atoms with Crippen molar-refractivity contribution in [3.05, 3.63) is 67.2 Å². The number of hydrogen-bond acceptors (Lipinski definition) is 0. The van der Waals surface area contributed by atoms with Crippen molar-refractivity contribution in [3.63, 3.8) is 0 Å². The lowest BCUT2D eigenvalue weighted by atomic mass is 10.0. The molecular formula is C13H8Cl3I. The molecule has 4 heteroatoms. The summed E-state index contributed by atoms with van der Waals surface area (Å²) in [6.45, 7) is 0. The van der Waals surface area contributed by atoms with E-state index in [0.29, 0.717) is 10.0 Å². The molecule has 88 valence electrons. The van der Waals surface area contributed by atoms with Crippen molar-refractivity contribution in [1.29, 1.82) is 0 Å². The van der Waals surface area contributed by atoms with Gasteiger partial charge in [-0.2, -0.15) is 0 Å². The first kappa shape index (κ1) is 13.5. The van der Waals surface area contributed by atoms with E-state index < -0.39 is 0 Å². The van der Waals surface area contributed by atoms with Crippen LogP contribution < -0.4 is 0 Å². The first-order valence-corrected chi connectivity index (χ1v) is 7.20. The van der Waals surface area contributed by atoms with Gasteiger partial charge in [-0.05, 0) is 58.0 Å². The highest BCUT2D eigenvalue weighted by molar-refractivity contribution is 14.1. The van der Waals surface area contributed by atoms with Crippen molar-refractivity contribution in [2.45, 2.75) is 5.38 Å². The molecule has 2 rings (SSSR count). The molecule has 0 saturated carbocycles. The molecule has 0 N–H and O–H groups in total. The lowest BCUT2D eigenvalue weighted by molar-refractivity contribution is 1.13. The molecule has 0 nitrogen and oxygen atoms in total. The zero-order chi connectivity index (χ0) is 12.4. The molecule has 0 radical (unpaired) electrons. The van der Waals surface area contributed by atoms with Gasteiger partial charge in [-0.25, -0.2) is 0 Å². The minimum Gasteiger partial charge on any atom is -0.112 e. The largest absolute Gasteiger partial charge is 0.112 e. The van der Waals surface area contributed by atoms with Crippen molar-refractivity contribution < 1.29 is 0 Å². The smallest absolute Gasteiger partial charge is 0.0860 e. The molecule has 0 amide bonds. The van der Waals surface area contributed by atoms with E-state index in [1.807, 2.05) is 30.3 Å². The predicted molar refractivity (Wildman–Crippen MR) is 83.3 cm³/mol. The second-order valence-corrected chi connectivity index (χ2v) is 5.99. The van der Waals surface area contributed by atoms with Crippen LogP contribution in [0.2, 0.25) is 10.0 Å². The summed E-state index contributed by atoms with van der Waals surface area (Å²) in [6, 6.07) is 13.3. The molecule has 0 heterocycles. The van der Waals surface area contributed by atoms with Crippen molar-refractivity contribution in [1.82, 2.24) is 0 Å². The van der Waals surface area contributed by atoms with Gasteiger partial charge in [0.1, 0.15) is 0 Å². The Morgan fingerprint density at radius 1 is 0.941 bits per heavy atom. The fraction of sp³-hybridized carbons (Fsp3) is 0.0769. The van der Waals surface area contributed by atoms with Gasteiger partial charge in [-0.3, -0.25) is 0 Å². The number of benzene rings is 2. The van der Waals surface area contributed by atoms with Crippen LogP contribution in [-0.4, -0.2) is 0 Å². The van der Waals surface area contributed by atoms with Gasteiger partial charge in [0.05, 0.1) is 5.38 Å². The van der Waals surface area contributed by atoms with E-state index in [1.54, 1.807) is 12.1 Å². The highest BCUT2D eigenvalue weighted by Crippen LogP contribution is 2.36. The van der Waals surface area contributed by atoms with Gasteiger partial charge in [0.2, 0.25) is 0 Å². The predicted octanol–water partition coefficient (Wildman–Crippen LogP) is 5.93. The Labute approximate surface area is 129 Å². The summed E-state index contributed by atoms with van der Waals surface area (Å²) in [5.41, 5.74) is 1.88. The first-order chi connectivity index (χ1) is 8.09. The third-order valence-corrected chi connectivity index (χ3v) is 4.44. The van der Waals surface area contributed by atoms with Crippen LogP contribution >= 0.6 is 57.4 Å². The first-order valence-electron chi connectivity index (χ1n) is 4.93. The maximum absolute atomic E-state index is 6.47. The molecule has 0 spiro atoms. The third kappa shape index (κ3) is 3.08. The Bertz CT molecular complexity index is 540. The highest BCUT2D eigenvalue weighted by atomic mass is 127. The molecule has 0 fully saturated rings. The minimum atomic E-state index is -0.283. The van der Waals surface area contributed by atoms with E-state index in [-0.39, 0.29) is 5.38 Å². The fourth-order valence-corrected chi connectivity index (χ4v) is 3.27. The van der Waals surface area contributed by atoms with Crippen LogP contribution in [0.25, 0.3) is 0 Å². The molecular weight excluding hydrogens is 389 g/mol. The zero-order valence-electron chi connectivity index (χ0n) is 8.63. The molecule has 17 heavy (non-hydrogen) atoms. The molecule has 0 aliphatic carbocycles. The van der Waals surface area contributed by atoms with E-state index >= 15 is 0 Å².